The molecule has 130 valence electrons. The van der Waals surface area contributed by atoms with E-state index in [1.807, 2.05) is 44.5 Å². The number of hydrogen-bond acceptors (Lipinski definition) is 5. The normalized spacial score (nSPS) is 16.4. The summed E-state index contributed by atoms with van der Waals surface area (Å²) >= 11 is 0. The molecule has 7 nitrogen and oxygen atoms in total. The quantitative estimate of drug-likeness (QED) is 0.824. The van der Waals surface area contributed by atoms with E-state index in [-0.39, 0.29) is 0 Å². The lowest BCUT2D eigenvalue weighted by Gasteiger charge is -2.34. The van der Waals surface area contributed by atoms with Crippen LogP contribution >= 0.6 is 0 Å². The first-order chi connectivity index (χ1) is 11.4. The van der Waals surface area contributed by atoms with Gasteiger partial charge in [-0.05, 0) is 18.2 Å². The van der Waals surface area contributed by atoms with Crippen LogP contribution in [0.1, 0.15) is 0 Å². The van der Waals surface area contributed by atoms with Crippen molar-refractivity contribution in [3.8, 4) is 0 Å². The molecule has 1 aromatic carbocycles. The molecule has 1 aliphatic rings. The fourth-order valence-corrected chi connectivity index (χ4v) is 4.29. The number of nitrogens with zero attached hydrogens (tertiary/aromatic N) is 5. The SMILES string of the molecule is CN(C)c1cccc(S(=O)(=O)N2CCN(c3cnn(C)c3)CC2)c1. The van der Waals surface area contributed by atoms with Crippen LogP contribution in [0.4, 0.5) is 11.4 Å². The zero-order chi connectivity index (χ0) is 17.3. The monoisotopic (exact) mass is 349 g/mol. The van der Waals surface area contributed by atoms with Gasteiger partial charge in [0.05, 0.1) is 16.8 Å². The molecule has 1 aliphatic heterocycles. The number of rotatable bonds is 4. The molecule has 8 heteroatoms. The van der Waals surface area contributed by atoms with Gasteiger partial charge in [-0.1, -0.05) is 6.07 Å². The van der Waals surface area contributed by atoms with Crippen molar-refractivity contribution in [3.05, 3.63) is 36.7 Å². The molecule has 0 saturated carbocycles. The highest BCUT2D eigenvalue weighted by Crippen LogP contribution is 2.23. The fraction of sp³-hybridized carbons (Fsp3) is 0.438. The van der Waals surface area contributed by atoms with Gasteiger partial charge in [0.15, 0.2) is 0 Å². The topological polar surface area (TPSA) is 61.7 Å². The number of aryl methyl sites for hydroxylation is 1. The zero-order valence-corrected chi connectivity index (χ0v) is 15.1. The molecule has 0 spiro atoms. The number of hydrogen-bond donors (Lipinski definition) is 0. The van der Waals surface area contributed by atoms with Crippen molar-refractivity contribution in [2.75, 3.05) is 50.1 Å². The van der Waals surface area contributed by atoms with Gasteiger partial charge < -0.3 is 9.80 Å². The maximum Gasteiger partial charge on any atom is 0.243 e. The van der Waals surface area contributed by atoms with Crippen LogP contribution in [0.2, 0.25) is 0 Å². The molecule has 3 rings (SSSR count). The molecule has 1 aromatic heterocycles. The summed E-state index contributed by atoms with van der Waals surface area (Å²) in [6.45, 7) is 2.28. The molecule has 0 bridgehead atoms. The molecule has 1 fully saturated rings. The van der Waals surface area contributed by atoms with Gasteiger partial charge in [-0.2, -0.15) is 9.40 Å². The summed E-state index contributed by atoms with van der Waals surface area (Å²) in [5.74, 6) is 0. The van der Waals surface area contributed by atoms with Gasteiger partial charge in [0.2, 0.25) is 10.0 Å². The van der Waals surface area contributed by atoms with Crippen molar-refractivity contribution >= 4 is 21.4 Å². The van der Waals surface area contributed by atoms with E-state index >= 15 is 0 Å². The molecule has 0 atom stereocenters. The van der Waals surface area contributed by atoms with Gasteiger partial charge in [0, 0.05) is 59.2 Å². The summed E-state index contributed by atoms with van der Waals surface area (Å²) in [5, 5.41) is 4.17. The van der Waals surface area contributed by atoms with E-state index in [2.05, 4.69) is 10.00 Å². The standard InChI is InChI=1S/C16H23N5O2S/c1-18(2)14-5-4-6-16(11-14)24(22,23)21-9-7-20(8-10-21)15-12-17-19(3)13-15/h4-6,11-13H,7-10H2,1-3H3. The fourth-order valence-electron chi connectivity index (χ4n) is 2.83. The molecule has 2 aromatic rings. The Labute approximate surface area is 143 Å². The van der Waals surface area contributed by atoms with Crippen LogP contribution in [-0.2, 0) is 17.1 Å². The van der Waals surface area contributed by atoms with Gasteiger partial charge in [-0.15, -0.1) is 0 Å². The molecule has 1 saturated heterocycles. The predicted octanol–water partition coefficient (Wildman–Crippen LogP) is 0.997. The number of benzene rings is 1. The third-order valence-corrected chi connectivity index (χ3v) is 6.16. The molecule has 24 heavy (non-hydrogen) atoms. The average molecular weight is 349 g/mol. The molecule has 0 aliphatic carbocycles. The Bertz CT molecular complexity index is 807. The second-order valence-electron chi connectivity index (χ2n) is 6.16. The van der Waals surface area contributed by atoms with Crippen molar-refractivity contribution in [1.82, 2.24) is 14.1 Å². The second-order valence-corrected chi connectivity index (χ2v) is 8.09. The summed E-state index contributed by atoms with van der Waals surface area (Å²) in [7, 11) is 2.22. The Morgan fingerprint density at radius 2 is 1.83 bits per heavy atom. The molecule has 2 heterocycles. The van der Waals surface area contributed by atoms with E-state index < -0.39 is 10.0 Å². The maximum atomic E-state index is 12.9. The third-order valence-electron chi connectivity index (χ3n) is 4.27. The molecule has 0 N–H and O–H groups in total. The van der Waals surface area contributed by atoms with Crippen molar-refractivity contribution in [3.63, 3.8) is 0 Å². The first-order valence-corrected chi connectivity index (χ1v) is 9.33. The lowest BCUT2D eigenvalue weighted by atomic mass is 10.3. The van der Waals surface area contributed by atoms with Crippen LogP contribution < -0.4 is 9.80 Å². The Kier molecular flexibility index (Phi) is 4.51. The zero-order valence-electron chi connectivity index (χ0n) is 14.3. The summed E-state index contributed by atoms with van der Waals surface area (Å²) < 4.78 is 29.1. The predicted molar refractivity (Wildman–Crippen MR) is 94.9 cm³/mol. The van der Waals surface area contributed by atoms with E-state index in [9.17, 15) is 8.42 Å². The average Bonchev–Trinajstić information content (AvgIpc) is 3.01. The Morgan fingerprint density at radius 1 is 1.12 bits per heavy atom. The van der Waals surface area contributed by atoms with Gasteiger partial charge >= 0.3 is 0 Å². The smallest absolute Gasteiger partial charge is 0.243 e. The minimum atomic E-state index is -3.46. The number of sulfonamides is 1. The van der Waals surface area contributed by atoms with Crippen LogP contribution in [-0.4, -0.2) is 62.8 Å². The van der Waals surface area contributed by atoms with Crippen molar-refractivity contribution in [1.29, 1.82) is 0 Å². The van der Waals surface area contributed by atoms with Gasteiger partial charge in [-0.25, -0.2) is 8.42 Å². The van der Waals surface area contributed by atoms with Crippen LogP contribution in [0.3, 0.4) is 0 Å². The highest BCUT2D eigenvalue weighted by molar-refractivity contribution is 7.89. The largest absolute Gasteiger partial charge is 0.378 e. The highest BCUT2D eigenvalue weighted by atomic mass is 32.2. The lowest BCUT2D eigenvalue weighted by molar-refractivity contribution is 0.385. The summed E-state index contributed by atoms with van der Waals surface area (Å²) in [4.78, 5) is 4.41. The van der Waals surface area contributed by atoms with Crippen molar-refractivity contribution in [2.24, 2.45) is 7.05 Å². The molecule has 0 unspecified atom stereocenters. The van der Waals surface area contributed by atoms with E-state index in [0.717, 1.165) is 11.4 Å². The lowest BCUT2D eigenvalue weighted by Crippen LogP contribution is -2.48. The van der Waals surface area contributed by atoms with Gasteiger partial charge in [0.1, 0.15) is 0 Å². The van der Waals surface area contributed by atoms with Crippen LogP contribution in [0.5, 0.6) is 0 Å². The molecular formula is C16H23N5O2S. The number of anilines is 2. The minimum Gasteiger partial charge on any atom is -0.378 e. The first-order valence-electron chi connectivity index (χ1n) is 7.89. The summed E-state index contributed by atoms with van der Waals surface area (Å²) in [6.07, 6.45) is 3.76. The molecule has 0 radical (unpaired) electrons. The Hall–Kier alpha value is -2.06. The van der Waals surface area contributed by atoms with E-state index in [0.29, 0.717) is 31.1 Å². The second kappa shape index (κ2) is 6.45. The molecular weight excluding hydrogens is 326 g/mol. The number of piperazine rings is 1. The first kappa shape index (κ1) is 16.8. The van der Waals surface area contributed by atoms with Crippen molar-refractivity contribution < 1.29 is 8.42 Å². The minimum absolute atomic E-state index is 0.350. The number of aromatic nitrogens is 2. The van der Waals surface area contributed by atoms with Crippen LogP contribution in [0, 0.1) is 0 Å². The maximum absolute atomic E-state index is 12.9. The van der Waals surface area contributed by atoms with E-state index in [1.165, 1.54) is 0 Å². The van der Waals surface area contributed by atoms with Crippen LogP contribution in [0.25, 0.3) is 0 Å². The summed E-state index contributed by atoms with van der Waals surface area (Å²) in [5.41, 5.74) is 1.91. The van der Waals surface area contributed by atoms with E-state index in [1.54, 1.807) is 27.2 Å². The third kappa shape index (κ3) is 3.25. The van der Waals surface area contributed by atoms with Gasteiger partial charge in [0.25, 0.3) is 0 Å². The Balaban J connectivity index is 1.74. The van der Waals surface area contributed by atoms with Gasteiger partial charge in [-0.3, -0.25) is 4.68 Å². The molecule has 0 amide bonds. The van der Waals surface area contributed by atoms with Crippen molar-refractivity contribution in [2.45, 2.75) is 4.90 Å². The van der Waals surface area contributed by atoms with E-state index in [4.69, 9.17) is 0 Å². The summed E-state index contributed by atoms with van der Waals surface area (Å²) in [6, 6.07) is 7.08. The van der Waals surface area contributed by atoms with Crippen LogP contribution in [0.15, 0.2) is 41.6 Å². The highest BCUT2D eigenvalue weighted by Gasteiger charge is 2.29. The Morgan fingerprint density at radius 3 is 2.42 bits per heavy atom.